The molecule has 0 spiro atoms. The van der Waals surface area contributed by atoms with Crippen LogP contribution in [0.3, 0.4) is 0 Å². The average Bonchev–Trinajstić information content (AvgIpc) is 2.42. The van der Waals surface area contributed by atoms with Gasteiger partial charge in [-0.05, 0) is 80.3 Å². The van der Waals surface area contributed by atoms with Crippen molar-refractivity contribution in [3.63, 3.8) is 0 Å². The number of aliphatic imine (C=N–C) groups is 1. The SMILES string of the molecule is CC1=Nc2c(C)c(C)c(C)c3c(C)c(C)c(C)c(c23)O1. The van der Waals surface area contributed by atoms with Gasteiger partial charge in [-0.15, -0.1) is 0 Å². The van der Waals surface area contributed by atoms with Crippen LogP contribution in [0.4, 0.5) is 5.69 Å². The summed E-state index contributed by atoms with van der Waals surface area (Å²) in [7, 11) is 0. The topological polar surface area (TPSA) is 21.6 Å². The third-order valence-electron chi connectivity index (χ3n) is 4.93. The molecule has 104 valence electrons. The van der Waals surface area contributed by atoms with Crippen LogP contribution < -0.4 is 4.74 Å². The first-order valence-corrected chi connectivity index (χ1v) is 7.11. The number of rotatable bonds is 0. The summed E-state index contributed by atoms with van der Waals surface area (Å²) in [5.41, 5.74) is 8.94. The summed E-state index contributed by atoms with van der Waals surface area (Å²) in [5, 5.41) is 2.51. The van der Waals surface area contributed by atoms with E-state index in [4.69, 9.17) is 4.74 Å². The van der Waals surface area contributed by atoms with E-state index in [2.05, 4.69) is 46.5 Å². The van der Waals surface area contributed by atoms with Crippen LogP contribution in [0.2, 0.25) is 0 Å². The van der Waals surface area contributed by atoms with Crippen molar-refractivity contribution in [3.05, 3.63) is 33.4 Å². The number of ether oxygens (including phenoxy) is 1. The average molecular weight is 267 g/mol. The Morgan fingerprint density at radius 1 is 0.600 bits per heavy atom. The van der Waals surface area contributed by atoms with Crippen molar-refractivity contribution in [1.82, 2.24) is 0 Å². The van der Waals surface area contributed by atoms with Gasteiger partial charge < -0.3 is 4.74 Å². The molecule has 0 N–H and O–H groups in total. The van der Waals surface area contributed by atoms with Gasteiger partial charge in [-0.3, -0.25) is 0 Å². The molecular weight excluding hydrogens is 246 g/mol. The second-order valence-corrected chi connectivity index (χ2v) is 5.91. The number of nitrogens with zero attached hydrogens (tertiary/aromatic N) is 1. The Morgan fingerprint density at radius 2 is 1.15 bits per heavy atom. The van der Waals surface area contributed by atoms with Gasteiger partial charge in [-0.1, -0.05) is 0 Å². The monoisotopic (exact) mass is 267 g/mol. The van der Waals surface area contributed by atoms with E-state index in [1.54, 1.807) is 0 Å². The molecule has 0 aliphatic carbocycles. The third-order valence-corrected chi connectivity index (χ3v) is 4.93. The van der Waals surface area contributed by atoms with Gasteiger partial charge in [0.25, 0.3) is 0 Å². The van der Waals surface area contributed by atoms with Crippen molar-refractivity contribution in [2.75, 3.05) is 0 Å². The Hall–Kier alpha value is -1.83. The molecule has 0 fully saturated rings. The zero-order valence-electron chi connectivity index (χ0n) is 13.4. The van der Waals surface area contributed by atoms with Gasteiger partial charge in [-0.2, -0.15) is 0 Å². The van der Waals surface area contributed by atoms with Crippen LogP contribution in [-0.2, 0) is 0 Å². The first-order chi connectivity index (χ1) is 9.34. The van der Waals surface area contributed by atoms with Gasteiger partial charge in [0.05, 0.1) is 11.1 Å². The minimum Gasteiger partial charge on any atom is -0.442 e. The van der Waals surface area contributed by atoms with Gasteiger partial charge >= 0.3 is 0 Å². The maximum absolute atomic E-state index is 5.97. The molecule has 2 heteroatoms. The largest absolute Gasteiger partial charge is 0.442 e. The van der Waals surface area contributed by atoms with Crippen LogP contribution in [0.1, 0.15) is 40.3 Å². The van der Waals surface area contributed by atoms with Crippen LogP contribution in [-0.4, -0.2) is 5.90 Å². The lowest BCUT2D eigenvalue weighted by Crippen LogP contribution is -2.11. The van der Waals surface area contributed by atoms with Crippen molar-refractivity contribution >= 4 is 22.4 Å². The molecule has 2 aromatic rings. The summed E-state index contributed by atoms with van der Waals surface area (Å²) in [6.45, 7) is 15.0. The van der Waals surface area contributed by atoms with E-state index in [0.717, 1.165) is 17.3 Å². The van der Waals surface area contributed by atoms with Crippen LogP contribution >= 0.6 is 0 Å². The Kier molecular flexibility index (Phi) is 2.69. The molecule has 1 heterocycles. The summed E-state index contributed by atoms with van der Waals surface area (Å²) in [6, 6.07) is 0. The normalized spacial score (nSPS) is 13.4. The van der Waals surface area contributed by atoms with Crippen molar-refractivity contribution in [2.24, 2.45) is 4.99 Å². The highest BCUT2D eigenvalue weighted by atomic mass is 16.5. The molecule has 1 aliphatic rings. The Bertz CT molecular complexity index is 789. The molecule has 20 heavy (non-hydrogen) atoms. The van der Waals surface area contributed by atoms with E-state index in [-0.39, 0.29) is 0 Å². The minimum atomic E-state index is 0.733. The van der Waals surface area contributed by atoms with Crippen molar-refractivity contribution in [2.45, 2.75) is 48.5 Å². The first kappa shape index (κ1) is 13.2. The second kappa shape index (κ2) is 4.08. The van der Waals surface area contributed by atoms with Gasteiger partial charge in [0.1, 0.15) is 5.75 Å². The lowest BCUT2D eigenvalue weighted by atomic mass is 9.87. The van der Waals surface area contributed by atoms with Gasteiger partial charge in [0, 0.05) is 6.92 Å². The number of benzene rings is 2. The molecule has 2 aromatic carbocycles. The quantitative estimate of drug-likeness (QED) is 0.648. The van der Waals surface area contributed by atoms with Crippen LogP contribution in [0.15, 0.2) is 4.99 Å². The molecule has 0 atom stereocenters. The smallest absolute Gasteiger partial charge is 0.192 e. The summed E-state index contributed by atoms with van der Waals surface area (Å²) in [6.07, 6.45) is 0. The molecule has 0 saturated carbocycles. The predicted molar refractivity (Wildman–Crippen MR) is 85.8 cm³/mol. The maximum Gasteiger partial charge on any atom is 0.192 e. The van der Waals surface area contributed by atoms with Crippen LogP contribution in [0, 0.1) is 41.5 Å². The molecule has 2 nitrogen and oxygen atoms in total. The van der Waals surface area contributed by atoms with E-state index in [0.29, 0.717) is 0 Å². The van der Waals surface area contributed by atoms with Gasteiger partial charge in [0.15, 0.2) is 5.90 Å². The van der Waals surface area contributed by atoms with E-state index in [9.17, 15) is 0 Å². The van der Waals surface area contributed by atoms with Crippen LogP contribution in [0.5, 0.6) is 5.75 Å². The fraction of sp³-hybridized carbons (Fsp3) is 0.389. The van der Waals surface area contributed by atoms with E-state index >= 15 is 0 Å². The summed E-state index contributed by atoms with van der Waals surface area (Å²) in [5.74, 6) is 1.73. The Morgan fingerprint density at radius 3 is 1.75 bits per heavy atom. The minimum absolute atomic E-state index is 0.733. The predicted octanol–water partition coefficient (Wildman–Crippen LogP) is 5.13. The molecule has 0 amide bonds. The fourth-order valence-electron chi connectivity index (χ4n) is 3.25. The van der Waals surface area contributed by atoms with Crippen molar-refractivity contribution < 1.29 is 4.74 Å². The van der Waals surface area contributed by atoms with Crippen molar-refractivity contribution in [1.29, 1.82) is 0 Å². The zero-order chi connectivity index (χ0) is 14.8. The molecule has 0 bridgehead atoms. The molecule has 3 rings (SSSR count). The highest BCUT2D eigenvalue weighted by Gasteiger charge is 2.24. The molecule has 0 radical (unpaired) electrons. The van der Waals surface area contributed by atoms with Gasteiger partial charge in [-0.25, -0.2) is 4.99 Å². The fourth-order valence-corrected chi connectivity index (χ4v) is 3.25. The molecule has 0 saturated heterocycles. The van der Waals surface area contributed by atoms with E-state index in [1.165, 1.54) is 44.2 Å². The maximum atomic E-state index is 5.97. The second-order valence-electron chi connectivity index (χ2n) is 5.91. The lowest BCUT2D eigenvalue weighted by molar-refractivity contribution is 0.544. The molecule has 1 aliphatic heterocycles. The first-order valence-electron chi connectivity index (χ1n) is 7.11. The van der Waals surface area contributed by atoms with E-state index in [1.807, 2.05) is 6.92 Å². The third kappa shape index (κ3) is 1.48. The summed E-state index contributed by atoms with van der Waals surface area (Å²) >= 11 is 0. The number of hydrogen-bond acceptors (Lipinski definition) is 2. The standard InChI is InChI=1S/C18H21NO/c1-8-10(3)15-11(4)9(2)13(6)18-16(15)17(12(8)5)19-14(7)20-18/h1-7H3. The van der Waals surface area contributed by atoms with Crippen molar-refractivity contribution in [3.8, 4) is 5.75 Å². The Labute approximate surface area is 120 Å². The zero-order valence-corrected chi connectivity index (χ0v) is 13.4. The van der Waals surface area contributed by atoms with E-state index < -0.39 is 0 Å². The Balaban J connectivity index is 2.69. The summed E-state index contributed by atoms with van der Waals surface area (Å²) in [4.78, 5) is 4.67. The number of aryl methyl sites for hydroxylation is 2. The number of hydrogen-bond donors (Lipinski definition) is 0. The molecular formula is C18H21NO. The van der Waals surface area contributed by atoms with Crippen LogP contribution in [0.25, 0.3) is 10.8 Å². The summed E-state index contributed by atoms with van der Waals surface area (Å²) < 4.78 is 5.97. The van der Waals surface area contributed by atoms with Gasteiger partial charge in [0.2, 0.25) is 0 Å². The lowest BCUT2D eigenvalue weighted by Gasteiger charge is -2.25. The highest BCUT2D eigenvalue weighted by Crippen LogP contribution is 2.47. The highest BCUT2D eigenvalue weighted by molar-refractivity contribution is 6.08. The molecule has 0 unspecified atom stereocenters. The molecule has 0 aromatic heterocycles.